The number of nitrogens with zero attached hydrogens (tertiary/aromatic N) is 4. The Kier molecular flexibility index (Phi) is 2.68. The number of hydrogen-bond donors (Lipinski definition) is 1. The minimum Gasteiger partial charge on any atom is -0.383 e. The van der Waals surface area contributed by atoms with Gasteiger partial charge in [-0.25, -0.2) is 9.97 Å². The lowest BCUT2D eigenvalue weighted by molar-refractivity contribution is 0.683. The molecule has 0 aliphatic carbocycles. The summed E-state index contributed by atoms with van der Waals surface area (Å²) in [5.74, 6) is 1.60. The van der Waals surface area contributed by atoms with Gasteiger partial charge in [-0.3, -0.25) is 0 Å². The second kappa shape index (κ2) is 4.00. The number of nitrogen functional groups attached to an aromatic ring is 1. The highest BCUT2D eigenvalue weighted by Crippen LogP contribution is 2.25. The van der Waals surface area contributed by atoms with Crippen molar-refractivity contribution < 1.29 is 0 Å². The van der Waals surface area contributed by atoms with Crippen LogP contribution in [0.3, 0.4) is 0 Å². The van der Waals surface area contributed by atoms with Crippen molar-refractivity contribution in [1.29, 1.82) is 0 Å². The van der Waals surface area contributed by atoms with Crippen LogP contribution in [0.5, 0.6) is 0 Å². The fourth-order valence-electron chi connectivity index (χ4n) is 1.75. The summed E-state index contributed by atoms with van der Waals surface area (Å²) in [5.41, 5.74) is 7.83. The number of rotatable bonds is 3. The van der Waals surface area contributed by atoms with Gasteiger partial charge in [-0.15, -0.1) is 0 Å². The zero-order valence-corrected chi connectivity index (χ0v) is 9.94. The van der Waals surface area contributed by atoms with Gasteiger partial charge in [-0.05, 0) is 13.3 Å². The summed E-state index contributed by atoms with van der Waals surface area (Å²) in [6, 6.07) is 0. The van der Waals surface area contributed by atoms with Crippen molar-refractivity contribution in [3.63, 3.8) is 0 Å². The topological polar surface area (TPSA) is 61.7 Å². The first kappa shape index (κ1) is 10.7. The van der Waals surface area contributed by atoms with Crippen LogP contribution in [0.2, 0.25) is 0 Å². The van der Waals surface area contributed by atoms with E-state index in [0.29, 0.717) is 5.82 Å². The smallest absolute Gasteiger partial charge is 0.133 e. The minimum absolute atomic E-state index is 0.690. The zero-order valence-electron chi connectivity index (χ0n) is 9.94. The van der Waals surface area contributed by atoms with E-state index in [0.717, 1.165) is 30.2 Å². The van der Waals surface area contributed by atoms with E-state index in [-0.39, 0.29) is 0 Å². The van der Waals surface area contributed by atoms with Crippen LogP contribution in [0, 0.1) is 6.92 Å². The minimum atomic E-state index is 0.690. The third-order valence-electron chi connectivity index (χ3n) is 2.78. The van der Waals surface area contributed by atoms with E-state index in [1.165, 1.54) is 0 Å². The molecule has 0 bridgehead atoms. The van der Waals surface area contributed by atoms with Crippen molar-refractivity contribution in [3.8, 4) is 11.4 Å². The van der Waals surface area contributed by atoms with Crippen LogP contribution in [0.4, 0.5) is 5.82 Å². The van der Waals surface area contributed by atoms with Gasteiger partial charge in [0.15, 0.2) is 0 Å². The average molecular weight is 219 g/mol. The molecule has 0 aliphatic heterocycles. The Morgan fingerprint density at radius 2 is 2.19 bits per heavy atom. The largest absolute Gasteiger partial charge is 0.383 e. The van der Waals surface area contributed by atoms with Gasteiger partial charge < -0.3 is 14.9 Å². The molecule has 5 nitrogen and oxygen atoms in total. The first-order chi connectivity index (χ1) is 7.65. The van der Waals surface area contributed by atoms with Gasteiger partial charge in [0.2, 0.25) is 0 Å². The standard InChI is InChI=1S/C11H17N5/c1-4-5-16-7-13-6-9(16)10-11(12)15(3)8(2)14-10/h6-7H,4-5,12H2,1-3H3. The molecule has 0 amide bonds. The molecule has 0 unspecified atom stereocenters. The first-order valence-electron chi connectivity index (χ1n) is 5.44. The highest BCUT2D eigenvalue weighted by atomic mass is 15.1. The number of aromatic nitrogens is 4. The monoisotopic (exact) mass is 219 g/mol. The Morgan fingerprint density at radius 3 is 2.75 bits per heavy atom. The van der Waals surface area contributed by atoms with E-state index in [1.807, 2.05) is 31.1 Å². The molecule has 86 valence electrons. The van der Waals surface area contributed by atoms with Gasteiger partial charge in [-0.2, -0.15) is 0 Å². The predicted molar refractivity (Wildman–Crippen MR) is 63.9 cm³/mol. The molecule has 2 aromatic rings. The van der Waals surface area contributed by atoms with Crippen LogP contribution in [-0.4, -0.2) is 19.1 Å². The fourth-order valence-corrected chi connectivity index (χ4v) is 1.75. The van der Waals surface area contributed by atoms with Crippen LogP contribution < -0.4 is 5.73 Å². The Balaban J connectivity index is 2.50. The summed E-state index contributed by atoms with van der Waals surface area (Å²) >= 11 is 0. The highest BCUT2D eigenvalue weighted by Gasteiger charge is 2.14. The van der Waals surface area contributed by atoms with Gasteiger partial charge in [-0.1, -0.05) is 6.92 Å². The van der Waals surface area contributed by atoms with Crippen molar-refractivity contribution >= 4 is 5.82 Å². The van der Waals surface area contributed by atoms with Crippen LogP contribution in [0.1, 0.15) is 19.2 Å². The molecule has 0 saturated carbocycles. The van der Waals surface area contributed by atoms with Gasteiger partial charge in [0.05, 0.1) is 18.2 Å². The maximum atomic E-state index is 6.02. The molecule has 0 spiro atoms. The van der Waals surface area contributed by atoms with Crippen molar-refractivity contribution in [2.24, 2.45) is 7.05 Å². The summed E-state index contributed by atoms with van der Waals surface area (Å²) < 4.78 is 3.97. The molecular weight excluding hydrogens is 202 g/mol. The molecule has 2 N–H and O–H groups in total. The normalized spacial score (nSPS) is 10.9. The van der Waals surface area contributed by atoms with Crippen molar-refractivity contribution in [2.45, 2.75) is 26.8 Å². The molecule has 2 aromatic heterocycles. The van der Waals surface area contributed by atoms with Crippen molar-refractivity contribution in [1.82, 2.24) is 19.1 Å². The van der Waals surface area contributed by atoms with Gasteiger partial charge in [0, 0.05) is 13.6 Å². The zero-order chi connectivity index (χ0) is 11.7. The van der Waals surface area contributed by atoms with E-state index in [9.17, 15) is 0 Å². The number of imidazole rings is 2. The maximum Gasteiger partial charge on any atom is 0.133 e. The summed E-state index contributed by atoms with van der Waals surface area (Å²) in [4.78, 5) is 8.63. The number of hydrogen-bond acceptors (Lipinski definition) is 3. The molecule has 16 heavy (non-hydrogen) atoms. The number of nitrogens with two attached hydrogens (primary N) is 1. The van der Waals surface area contributed by atoms with Gasteiger partial charge >= 0.3 is 0 Å². The molecule has 0 radical (unpaired) electrons. The number of anilines is 1. The van der Waals surface area contributed by atoms with Crippen molar-refractivity contribution in [3.05, 3.63) is 18.3 Å². The second-order valence-corrected chi connectivity index (χ2v) is 3.92. The Morgan fingerprint density at radius 1 is 1.44 bits per heavy atom. The lowest BCUT2D eigenvalue weighted by atomic mass is 10.3. The van der Waals surface area contributed by atoms with Crippen molar-refractivity contribution in [2.75, 3.05) is 5.73 Å². The van der Waals surface area contributed by atoms with E-state index in [4.69, 9.17) is 5.73 Å². The molecule has 0 fully saturated rings. The van der Waals surface area contributed by atoms with E-state index >= 15 is 0 Å². The predicted octanol–water partition coefficient (Wildman–Crippen LogP) is 1.58. The van der Waals surface area contributed by atoms with Crippen LogP contribution in [0.15, 0.2) is 12.5 Å². The van der Waals surface area contributed by atoms with Gasteiger partial charge in [0.1, 0.15) is 17.3 Å². The SMILES string of the molecule is CCCn1cncc1-c1nc(C)n(C)c1N. The summed E-state index contributed by atoms with van der Waals surface area (Å²) in [6.07, 6.45) is 4.70. The first-order valence-corrected chi connectivity index (χ1v) is 5.44. The molecule has 0 atom stereocenters. The lowest BCUT2D eigenvalue weighted by Gasteiger charge is -2.05. The Bertz CT molecular complexity index is 494. The summed E-state index contributed by atoms with van der Waals surface area (Å²) in [7, 11) is 1.92. The Hall–Kier alpha value is -1.78. The molecule has 0 aromatic carbocycles. The third-order valence-corrected chi connectivity index (χ3v) is 2.78. The molecule has 5 heteroatoms. The summed E-state index contributed by atoms with van der Waals surface area (Å²) in [5, 5.41) is 0. The van der Waals surface area contributed by atoms with Crippen LogP contribution in [-0.2, 0) is 13.6 Å². The van der Waals surface area contributed by atoms with Gasteiger partial charge in [0.25, 0.3) is 0 Å². The Labute approximate surface area is 94.9 Å². The summed E-state index contributed by atoms with van der Waals surface area (Å²) in [6.45, 7) is 5.02. The molecule has 0 aliphatic rings. The fraction of sp³-hybridized carbons (Fsp3) is 0.455. The molecule has 2 rings (SSSR count). The van der Waals surface area contributed by atoms with E-state index in [2.05, 4.69) is 21.5 Å². The molecule has 0 saturated heterocycles. The molecular formula is C11H17N5. The maximum absolute atomic E-state index is 6.02. The second-order valence-electron chi connectivity index (χ2n) is 3.92. The van der Waals surface area contributed by atoms with Crippen LogP contribution in [0.25, 0.3) is 11.4 Å². The van der Waals surface area contributed by atoms with E-state index < -0.39 is 0 Å². The lowest BCUT2D eigenvalue weighted by Crippen LogP contribution is -2.01. The highest BCUT2D eigenvalue weighted by molar-refractivity contribution is 5.67. The van der Waals surface area contributed by atoms with E-state index in [1.54, 1.807) is 0 Å². The number of aryl methyl sites for hydroxylation is 2. The quantitative estimate of drug-likeness (QED) is 0.852. The third kappa shape index (κ3) is 1.58. The van der Waals surface area contributed by atoms with Crippen LogP contribution >= 0.6 is 0 Å². The molecule has 2 heterocycles. The average Bonchev–Trinajstić information content (AvgIpc) is 2.80.